The number of ether oxygens (including phenoxy) is 1. The molecule has 0 amide bonds. The van der Waals surface area contributed by atoms with Gasteiger partial charge in [-0.05, 0) is 56.5 Å². The SMILES string of the molecule is Cc1c(-c2ccc(SCCN)cc2)nc2n1CCc1ccccc1C2OC1CCN(C)CC1.O=C(O)C(=O)O. The first-order valence-electron chi connectivity index (χ1n) is 13.2. The van der Waals surface area contributed by atoms with E-state index in [2.05, 4.69) is 72.0 Å². The van der Waals surface area contributed by atoms with Crippen LogP contribution in [0.1, 0.15) is 41.6 Å². The van der Waals surface area contributed by atoms with Gasteiger partial charge in [-0.1, -0.05) is 36.4 Å². The number of aromatic nitrogens is 2. The van der Waals surface area contributed by atoms with Crippen LogP contribution in [0.5, 0.6) is 0 Å². The number of imidazole rings is 1. The lowest BCUT2D eigenvalue weighted by Gasteiger charge is -2.32. The van der Waals surface area contributed by atoms with Gasteiger partial charge in [-0.2, -0.15) is 0 Å². The highest BCUT2D eigenvalue weighted by Gasteiger charge is 2.32. The summed E-state index contributed by atoms with van der Waals surface area (Å²) < 4.78 is 9.25. The number of hydrogen-bond acceptors (Lipinski definition) is 7. The average molecular weight is 553 g/mol. The van der Waals surface area contributed by atoms with Crippen molar-refractivity contribution in [1.82, 2.24) is 14.5 Å². The van der Waals surface area contributed by atoms with Gasteiger partial charge in [0.15, 0.2) is 0 Å². The van der Waals surface area contributed by atoms with E-state index in [1.54, 1.807) is 11.8 Å². The van der Waals surface area contributed by atoms with Crippen LogP contribution in [-0.2, 0) is 27.3 Å². The van der Waals surface area contributed by atoms with E-state index in [1.807, 2.05) is 0 Å². The maximum absolute atomic E-state index is 9.10. The molecule has 208 valence electrons. The van der Waals surface area contributed by atoms with E-state index in [9.17, 15) is 0 Å². The Morgan fingerprint density at radius 1 is 1.05 bits per heavy atom. The monoisotopic (exact) mass is 552 g/mol. The predicted molar refractivity (Wildman–Crippen MR) is 151 cm³/mol. The number of nitrogens with zero attached hydrogens (tertiary/aromatic N) is 3. The Labute approximate surface area is 233 Å². The molecule has 1 atom stereocenters. The molecular weight excluding hydrogens is 516 g/mol. The average Bonchev–Trinajstić information content (AvgIpc) is 3.18. The molecule has 0 radical (unpaired) electrons. The first kappa shape index (κ1) is 28.8. The fourth-order valence-corrected chi connectivity index (χ4v) is 5.72. The number of hydrogen-bond donors (Lipinski definition) is 3. The van der Waals surface area contributed by atoms with Crippen LogP contribution < -0.4 is 5.73 Å². The van der Waals surface area contributed by atoms with Crippen LogP contribution in [-0.4, -0.2) is 75.1 Å². The van der Waals surface area contributed by atoms with Gasteiger partial charge >= 0.3 is 11.9 Å². The zero-order valence-electron chi connectivity index (χ0n) is 22.4. The largest absolute Gasteiger partial charge is 0.473 e. The maximum atomic E-state index is 9.10. The van der Waals surface area contributed by atoms with E-state index >= 15 is 0 Å². The summed E-state index contributed by atoms with van der Waals surface area (Å²) in [6.07, 6.45) is 3.30. The Kier molecular flexibility index (Phi) is 9.79. The van der Waals surface area contributed by atoms with Crippen molar-refractivity contribution < 1.29 is 24.5 Å². The van der Waals surface area contributed by atoms with Gasteiger partial charge in [-0.25, -0.2) is 14.6 Å². The van der Waals surface area contributed by atoms with Crippen molar-refractivity contribution in [3.8, 4) is 11.3 Å². The molecule has 0 aliphatic carbocycles. The highest BCUT2D eigenvalue weighted by Crippen LogP contribution is 2.37. The topological polar surface area (TPSA) is 131 Å². The molecule has 10 heteroatoms. The quantitative estimate of drug-likeness (QED) is 0.308. The van der Waals surface area contributed by atoms with E-state index < -0.39 is 11.9 Å². The predicted octanol–water partition coefficient (Wildman–Crippen LogP) is 3.82. The number of piperidine rings is 1. The molecule has 1 fully saturated rings. The first-order chi connectivity index (χ1) is 18.8. The summed E-state index contributed by atoms with van der Waals surface area (Å²) in [4.78, 5) is 27.1. The normalized spacial score (nSPS) is 17.4. The van der Waals surface area contributed by atoms with Crippen LogP contribution in [0.25, 0.3) is 11.3 Å². The summed E-state index contributed by atoms with van der Waals surface area (Å²) in [7, 11) is 2.19. The van der Waals surface area contributed by atoms with Gasteiger partial charge in [0.05, 0.1) is 11.8 Å². The van der Waals surface area contributed by atoms with Gasteiger partial charge in [-0.3, -0.25) is 0 Å². The summed E-state index contributed by atoms with van der Waals surface area (Å²) in [5.41, 5.74) is 11.8. The van der Waals surface area contributed by atoms with Crippen molar-refractivity contribution in [2.24, 2.45) is 5.73 Å². The van der Waals surface area contributed by atoms with Gasteiger partial charge in [-0.15, -0.1) is 11.8 Å². The number of carboxylic acids is 2. The molecule has 2 aliphatic heterocycles. The number of carboxylic acid groups (broad SMARTS) is 2. The number of nitrogens with two attached hydrogens (primary N) is 1. The molecule has 0 spiro atoms. The minimum Gasteiger partial charge on any atom is -0.473 e. The minimum atomic E-state index is -1.82. The molecule has 39 heavy (non-hydrogen) atoms. The fourth-order valence-electron chi connectivity index (χ4n) is 5.03. The number of benzene rings is 2. The molecule has 3 aromatic rings. The highest BCUT2D eigenvalue weighted by molar-refractivity contribution is 7.99. The van der Waals surface area contributed by atoms with Gasteiger partial charge in [0.2, 0.25) is 0 Å². The lowest BCUT2D eigenvalue weighted by Crippen LogP contribution is -2.35. The molecular formula is C29H36N4O5S. The molecule has 3 heterocycles. The van der Waals surface area contributed by atoms with Gasteiger partial charge in [0.1, 0.15) is 11.9 Å². The number of aliphatic carboxylic acids is 2. The zero-order valence-corrected chi connectivity index (χ0v) is 23.2. The van der Waals surface area contributed by atoms with Crippen molar-refractivity contribution in [1.29, 1.82) is 0 Å². The van der Waals surface area contributed by atoms with Crippen molar-refractivity contribution >= 4 is 23.7 Å². The molecule has 1 aromatic heterocycles. The number of thioether (sulfide) groups is 1. The molecule has 0 saturated carbocycles. The second-order valence-corrected chi connectivity index (χ2v) is 11.0. The second-order valence-electron chi connectivity index (χ2n) is 9.80. The Morgan fingerprint density at radius 2 is 1.72 bits per heavy atom. The van der Waals surface area contributed by atoms with Crippen LogP contribution in [0.3, 0.4) is 0 Å². The summed E-state index contributed by atoms with van der Waals surface area (Å²) in [6.45, 7) is 6.01. The van der Waals surface area contributed by atoms with Crippen LogP contribution in [0.15, 0.2) is 53.4 Å². The summed E-state index contributed by atoms with van der Waals surface area (Å²) in [6, 6.07) is 17.5. The molecule has 2 aliphatic rings. The van der Waals surface area contributed by atoms with Gasteiger partial charge in [0, 0.05) is 48.1 Å². The van der Waals surface area contributed by atoms with Crippen molar-refractivity contribution in [3.63, 3.8) is 0 Å². The molecule has 1 unspecified atom stereocenters. The third-order valence-electron chi connectivity index (χ3n) is 7.12. The van der Waals surface area contributed by atoms with Crippen molar-refractivity contribution in [2.45, 2.75) is 49.8 Å². The number of aryl methyl sites for hydroxylation is 1. The molecule has 0 bridgehead atoms. The minimum absolute atomic E-state index is 0.121. The summed E-state index contributed by atoms with van der Waals surface area (Å²) >= 11 is 1.80. The lowest BCUT2D eigenvalue weighted by atomic mass is 10.00. The Balaban J connectivity index is 0.000000531. The molecule has 9 nitrogen and oxygen atoms in total. The Hall–Kier alpha value is -3.18. The van der Waals surface area contributed by atoms with Gasteiger partial charge < -0.3 is 30.2 Å². The smallest absolute Gasteiger partial charge is 0.414 e. The Morgan fingerprint density at radius 3 is 2.36 bits per heavy atom. The second kappa shape index (κ2) is 13.3. The van der Waals surface area contributed by atoms with Crippen LogP contribution in [0, 0.1) is 6.92 Å². The highest BCUT2D eigenvalue weighted by atomic mass is 32.2. The van der Waals surface area contributed by atoms with E-state index in [0.29, 0.717) is 6.54 Å². The third kappa shape index (κ3) is 7.07. The first-order valence-corrected chi connectivity index (χ1v) is 14.1. The van der Waals surface area contributed by atoms with E-state index in [-0.39, 0.29) is 12.2 Å². The van der Waals surface area contributed by atoms with Gasteiger partial charge in [0.25, 0.3) is 0 Å². The van der Waals surface area contributed by atoms with E-state index in [1.165, 1.54) is 21.7 Å². The van der Waals surface area contributed by atoms with Crippen LogP contribution >= 0.6 is 11.8 Å². The fraction of sp³-hybridized carbons (Fsp3) is 0.414. The maximum Gasteiger partial charge on any atom is 0.414 e. The molecule has 1 saturated heterocycles. The number of fused-ring (bicyclic) bond motifs is 2. The number of likely N-dealkylation sites (tertiary alicyclic amines) is 1. The zero-order chi connectivity index (χ0) is 27.9. The Bertz CT molecular complexity index is 1270. The number of rotatable bonds is 6. The van der Waals surface area contributed by atoms with Crippen molar-refractivity contribution in [2.75, 3.05) is 32.4 Å². The standard InChI is InChI=1S/C27H34N4OS.C2H2O4/c1-19-25(21-7-9-23(10-8-21)33-18-14-28)29-27-26(32-22-12-15-30(2)16-13-22)24-6-4-3-5-20(24)11-17-31(19)27;3-1(4)2(5)6/h3-10,22,26H,11-18,28H2,1-2H3;(H,3,4)(H,5,6). The third-order valence-corrected chi connectivity index (χ3v) is 8.16. The van der Waals surface area contributed by atoms with Crippen LogP contribution in [0.4, 0.5) is 0 Å². The summed E-state index contributed by atoms with van der Waals surface area (Å²) in [5.74, 6) is -1.66. The van der Waals surface area contributed by atoms with E-state index in [4.69, 9.17) is 35.3 Å². The molecule has 4 N–H and O–H groups in total. The van der Waals surface area contributed by atoms with E-state index in [0.717, 1.165) is 61.7 Å². The van der Waals surface area contributed by atoms with Crippen molar-refractivity contribution in [3.05, 3.63) is 71.2 Å². The molecule has 2 aromatic carbocycles. The molecule has 5 rings (SSSR count). The summed E-state index contributed by atoms with van der Waals surface area (Å²) in [5, 5.41) is 14.8. The van der Waals surface area contributed by atoms with Crippen LogP contribution in [0.2, 0.25) is 0 Å². The number of carbonyl (C=O) groups is 2. The lowest BCUT2D eigenvalue weighted by molar-refractivity contribution is -0.159.